The van der Waals surface area contributed by atoms with Crippen LogP contribution in [0.5, 0.6) is 0 Å². The Balaban J connectivity index is 1.75. The summed E-state index contributed by atoms with van der Waals surface area (Å²) in [5.74, 6) is 0.650. The summed E-state index contributed by atoms with van der Waals surface area (Å²) in [6, 6.07) is 0.0524. The van der Waals surface area contributed by atoms with E-state index >= 15 is 0 Å². The number of amides is 2. The number of carbonyl (C=O) groups excluding carboxylic acids is 2. The van der Waals surface area contributed by atoms with Crippen LogP contribution in [0.4, 0.5) is 0 Å². The maximum Gasteiger partial charge on any atom is 0.293 e. The molecule has 3 rings (SSSR count). The zero-order valence-electron chi connectivity index (χ0n) is 11.2. The average Bonchev–Trinajstić information content (AvgIpc) is 2.88. The molecule has 0 bridgehead atoms. The van der Waals surface area contributed by atoms with Crippen LogP contribution in [0, 0.1) is 12.8 Å². The zero-order chi connectivity index (χ0) is 14.3. The number of aryl methyl sites for hydroxylation is 1. The van der Waals surface area contributed by atoms with E-state index in [1.165, 1.54) is 0 Å². The van der Waals surface area contributed by atoms with Crippen molar-refractivity contribution in [1.82, 2.24) is 15.2 Å². The molecule has 2 saturated heterocycles. The van der Waals surface area contributed by atoms with Gasteiger partial charge < -0.3 is 14.6 Å². The molecule has 0 saturated carbocycles. The summed E-state index contributed by atoms with van der Waals surface area (Å²) < 4.78 is 5.09. The predicted molar refractivity (Wildman–Crippen MR) is 71.4 cm³/mol. The highest BCUT2D eigenvalue weighted by Crippen LogP contribution is 2.27. The van der Waals surface area contributed by atoms with Crippen molar-refractivity contribution in [3.05, 3.63) is 16.8 Å². The van der Waals surface area contributed by atoms with Crippen LogP contribution in [0.1, 0.15) is 35.5 Å². The fraction of sp³-hybridized carbons (Fsp3) is 0.615. The number of oxazole rings is 1. The molecule has 0 aliphatic carbocycles. The largest absolute Gasteiger partial charge is 0.432 e. The number of carbonyl (C=O) groups is 2. The Morgan fingerprint density at radius 2 is 2.30 bits per heavy atom. The number of halogens is 1. The monoisotopic (exact) mass is 297 g/mol. The van der Waals surface area contributed by atoms with Gasteiger partial charge in [0.2, 0.25) is 5.91 Å². The van der Waals surface area contributed by atoms with Crippen LogP contribution in [-0.2, 0) is 4.79 Å². The Kier molecular flexibility index (Phi) is 3.41. The minimum atomic E-state index is -0.180. The van der Waals surface area contributed by atoms with Crippen LogP contribution in [0.25, 0.3) is 0 Å². The molecule has 20 heavy (non-hydrogen) atoms. The molecule has 2 amide bonds. The van der Waals surface area contributed by atoms with Crippen molar-refractivity contribution >= 4 is 23.4 Å². The van der Waals surface area contributed by atoms with Crippen LogP contribution in [0.2, 0.25) is 5.35 Å². The van der Waals surface area contributed by atoms with Crippen molar-refractivity contribution in [2.24, 2.45) is 5.92 Å². The summed E-state index contributed by atoms with van der Waals surface area (Å²) in [5.41, 5.74) is 0.262. The molecule has 1 aromatic heterocycles. The van der Waals surface area contributed by atoms with Crippen molar-refractivity contribution in [3.8, 4) is 0 Å². The third-order valence-corrected chi connectivity index (χ3v) is 4.19. The van der Waals surface area contributed by atoms with Crippen LogP contribution >= 0.6 is 11.6 Å². The van der Waals surface area contributed by atoms with Crippen molar-refractivity contribution in [2.45, 2.75) is 32.2 Å². The van der Waals surface area contributed by atoms with Crippen LogP contribution in [-0.4, -0.2) is 40.8 Å². The molecule has 108 valence electrons. The van der Waals surface area contributed by atoms with E-state index in [2.05, 4.69) is 10.3 Å². The van der Waals surface area contributed by atoms with E-state index in [9.17, 15) is 9.59 Å². The molecule has 6 nitrogen and oxygen atoms in total. The minimum absolute atomic E-state index is 0.0208. The summed E-state index contributed by atoms with van der Waals surface area (Å²) in [4.78, 5) is 29.6. The Bertz CT molecular complexity index is 557. The van der Waals surface area contributed by atoms with Crippen molar-refractivity contribution in [2.75, 3.05) is 13.1 Å². The van der Waals surface area contributed by atoms with Gasteiger partial charge in [-0.2, -0.15) is 4.98 Å². The van der Waals surface area contributed by atoms with E-state index in [0.29, 0.717) is 31.2 Å². The molecule has 0 radical (unpaired) electrons. The molecule has 2 unspecified atom stereocenters. The maximum atomic E-state index is 12.4. The van der Waals surface area contributed by atoms with Gasteiger partial charge >= 0.3 is 0 Å². The Morgan fingerprint density at radius 3 is 3.00 bits per heavy atom. The molecule has 3 heterocycles. The molecular formula is C13H16ClN3O3. The lowest BCUT2D eigenvalue weighted by atomic mass is 9.99. The predicted octanol–water partition coefficient (Wildman–Crippen LogP) is 1.38. The average molecular weight is 298 g/mol. The lowest BCUT2D eigenvalue weighted by molar-refractivity contribution is -0.121. The van der Waals surface area contributed by atoms with Gasteiger partial charge in [-0.05, 0) is 37.3 Å². The molecule has 1 N–H and O–H groups in total. The Labute approximate surface area is 121 Å². The minimum Gasteiger partial charge on any atom is -0.432 e. The standard InChI is InChI=1S/C13H16ClN3O3/c1-7-11(16-13(14)20-7)12(19)17-5-8-3-2-4-10(18)15-9(8)6-17/h8-9H,2-6H2,1H3,(H,15,18). The summed E-state index contributed by atoms with van der Waals surface area (Å²) in [6.07, 6.45) is 2.43. The van der Waals surface area contributed by atoms with Crippen molar-refractivity contribution in [3.63, 3.8) is 0 Å². The third kappa shape index (κ3) is 2.40. The van der Waals surface area contributed by atoms with Crippen LogP contribution in [0.3, 0.4) is 0 Å². The van der Waals surface area contributed by atoms with Crippen molar-refractivity contribution in [1.29, 1.82) is 0 Å². The highest BCUT2D eigenvalue weighted by Gasteiger charge is 2.38. The first-order valence-electron chi connectivity index (χ1n) is 6.76. The van der Waals surface area contributed by atoms with E-state index < -0.39 is 0 Å². The Hall–Kier alpha value is -1.56. The number of aromatic nitrogens is 1. The van der Waals surface area contributed by atoms with Gasteiger partial charge in [0.25, 0.3) is 11.3 Å². The van der Waals surface area contributed by atoms with Crippen molar-refractivity contribution < 1.29 is 14.0 Å². The first kappa shape index (κ1) is 13.4. The highest BCUT2D eigenvalue weighted by molar-refractivity contribution is 6.27. The van der Waals surface area contributed by atoms with Gasteiger partial charge in [-0.3, -0.25) is 9.59 Å². The van der Waals surface area contributed by atoms with E-state index in [-0.39, 0.29) is 28.9 Å². The topological polar surface area (TPSA) is 75.4 Å². The number of hydrogen-bond donors (Lipinski definition) is 1. The number of likely N-dealkylation sites (tertiary alicyclic amines) is 1. The van der Waals surface area contributed by atoms with Gasteiger partial charge in [0.05, 0.1) is 6.04 Å². The first-order valence-corrected chi connectivity index (χ1v) is 7.14. The second-order valence-corrected chi connectivity index (χ2v) is 5.73. The summed E-state index contributed by atoms with van der Waals surface area (Å²) in [6.45, 7) is 2.84. The van der Waals surface area contributed by atoms with Gasteiger partial charge in [0.15, 0.2) is 5.69 Å². The molecule has 0 aromatic carbocycles. The lowest BCUT2D eigenvalue weighted by Crippen LogP contribution is -2.39. The highest BCUT2D eigenvalue weighted by atomic mass is 35.5. The lowest BCUT2D eigenvalue weighted by Gasteiger charge is -2.15. The number of nitrogens with one attached hydrogen (secondary N) is 1. The number of fused-ring (bicyclic) bond motifs is 1. The quantitative estimate of drug-likeness (QED) is 0.849. The van der Waals surface area contributed by atoms with E-state index in [1.807, 2.05) is 0 Å². The number of nitrogens with zero attached hydrogens (tertiary/aromatic N) is 2. The smallest absolute Gasteiger partial charge is 0.293 e. The van der Waals surface area contributed by atoms with Gasteiger partial charge in [0, 0.05) is 19.5 Å². The fourth-order valence-electron chi connectivity index (χ4n) is 3.01. The fourth-order valence-corrected chi connectivity index (χ4v) is 3.21. The molecule has 0 spiro atoms. The van der Waals surface area contributed by atoms with Crippen LogP contribution in [0.15, 0.2) is 4.42 Å². The molecule has 2 atom stereocenters. The van der Waals surface area contributed by atoms with Gasteiger partial charge in [-0.25, -0.2) is 0 Å². The number of hydrogen-bond acceptors (Lipinski definition) is 4. The molecule has 2 fully saturated rings. The van der Waals surface area contributed by atoms with Gasteiger partial charge in [0.1, 0.15) is 5.76 Å². The Morgan fingerprint density at radius 1 is 1.50 bits per heavy atom. The normalized spacial score (nSPS) is 26.1. The van der Waals surface area contributed by atoms with E-state index in [1.54, 1.807) is 11.8 Å². The molecule has 1 aromatic rings. The van der Waals surface area contributed by atoms with E-state index in [4.69, 9.17) is 16.0 Å². The first-order chi connectivity index (χ1) is 9.54. The summed E-state index contributed by atoms with van der Waals surface area (Å²) in [5, 5.41) is 2.97. The maximum absolute atomic E-state index is 12.4. The second kappa shape index (κ2) is 5.09. The molecule has 2 aliphatic rings. The number of rotatable bonds is 1. The molecule has 7 heteroatoms. The van der Waals surface area contributed by atoms with E-state index in [0.717, 1.165) is 12.8 Å². The second-order valence-electron chi connectivity index (χ2n) is 5.41. The van der Waals surface area contributed by atoms with Gasteiger partial charge in [-0.1, -0.05) is 0 Å². The SMILES string of the molecule is Cc1oc(Cl)nc1C(=O)N1CC2CCCC(=O)NC2C1. The third-order valence-electron chi connectivity index (χ3n) is 4.03. The van der Waals surface area contributed by atoms with Gasteiger partial charge in [-0.15, -0.1) is 0 Å². The van der Waals surface area contributed by atoms with Crippen LogP contribution < -0.4 is 5.32 Å². The summed E-state index contributed by atoms with van der Waals surface area (Å²) >= 11 is 5.67. The molecular weight excluding hydrogens is 282 g/mol. The summed E-state index contributed by atoms with van der Waals surface area (Å²) in [7, 11) is 0. The molecule has 2 aliphatic heterocycles. The zero-order valence-corrected chi connectivity index (χ0v) is 11.9.